The lowest BCUT2D eigenvalue weighted by Gasteiger charge is -2.34. The summed E-state index contributed by atoms with van der Waals surface area (Å²) in [6.07, 6.45) is 6.13. The molecule has 1 aromatic carbocycles. The van der Waals surface area contributed by atoms with Gasteiger partial charge in [0.2, 0.25) is 0 Å². The minimum atomic E-state index is -0.0917. The molecule has 0 radical (unpaired) electrons. The van der Waals surface area contributed by atoms with Gasteiger partial charge in [-0.1, -0.05) is 25.1 Å². The molecule has 2 aromatic heterocycles. The molecule has 6 nitrogen and oxygen atoms in total. The molecule has 168 valence electrons. The quantitative estimate of drug-likeness (QED) is 0.573. The molecular formula is C23H30Cl2N4O2. The van der Waals surface area contributed by atoms with Gasteiger partial charge < -0.3 is 19.8 Å². The minimum Gasteiger partial charge on any atom is -0.486 e. The normalized spacial score (nSPS) is 14.9. The number of aromatic nitrogens is 2. The van der Waals surface area contributed by atoms with Crippen LogP contribution in [0.1, 0.15) is 41.4 Å². The third-order valence-electron chi connectivity index (χ3n) is 5.64. The summed E-state index contributed by atoms with van der Waals surface area (Å²) in [5, 5.41) is 6.48. The van der Waals surface area contributed by atoms with Gasteiger partial charge >= 0.3 is 0 Å². The Bertz CT molecular complexity index is 1020. The summed E-state index contributed by atoms with van der Waals surface area (Å²) >= 11 is 0. The van der Waals surface area contributed by atoms with Gasteiger partial charge in [-0.2, -0.15) is 0 Å². The summed E-state index contributed by atoms with van der Waals surface area (Å²) in [6.45, 7) is 7.29. The molecule has 2 N–H and O–H groups in total. The van der Waals surface area contributed by atoms with Crippen LogP contribution in [-0.2, 0) is 6.61 Å². The Balaban J connectivity index is 0.00000171. The van der Waals surface area contributed by atoms with Gasteiger partial charge in [0, 0.05) is 18.9 Å². The highest BCUT2D eigenvalue weighted by molar-refractivity contribution is 5.96. The summed E-state index contributed by atoms with van der Waals surface area (Å²) in [6, 6.07) is 11.4. The fraction of sp³-hybridized carbons (Fsp3) is 0.391. The maximum Gasteiger partial charge on any atom is 0.255 e. The lowest BCUT2D eigenvalue weighted by molar-refractivity contribution is 0.0917. The maximum atomic E-state index is 12.8. The average Bonchev–Trinajstić information content (AvgIpc) is 3.13. The molecule has 1 aliphatic rings. The molecule has 1 amide bonds. The standard InChI is InChI=1S/C23H28N4O2.2ClH/c1-17-7-8-21-26-18(14-27(21)13-17)15-29-20-6-4-3-5-19(20)22(28)25-16-23(2)9-11-24-12-10-23;;/h3-8,13-14,24H,9-12,15-16H2,1-2H3,(H,25,28);2*1H. The van der Waals surface area contributed by atoms with E-state index in [1.165, 1.54) is 5.56 Å². The molecule has 4 rings (SSSR count). The lowest BCUT2D eigenvalue weighted by atomic mass is 9.81. The van der Waals surface area contributed by atoms with Crippen molar-refractivity contribution >= 4 is 36.4 Å². The van der Waals surface area contributed by atoms with Gasteiger partial charge in [-0.15, -0.1) is 24.8 Å². The molecule has 0 spiro atoms. The second-order valence-electron chi connectivity index (χ2n) is 8.23. The average molecular weight is 465 g/mol. The Morgan fingerprint density at radius 2 is 1.90 bits per heavy atom. The van der Waals surface area contributed by atoms with Gasteiger partial charge in [0.05, 0.1) is 11.3 Å². The van der Waals surface area contributed by atoms with Crippen molar-refractivity contribution in [3.63, 3.8) is 0 Å². The van der Waals surface area contributed by atoms with Gasteiger partial charge in [-0.25, -0.2) is 4.98 Å². The molecule has 0 saturated carbocycles. The van der Waals surface area contributed by atoms with E-state index < -0.39 is 0 Å². The summed E-state index contributed by atoms with van der Waals surface area (Å²) in [5.74, 6) is 0.486. The van der Waals surface area contributed by atoms with Crippen LogP contribution in [0.25, 0.3) is 5.65 Å². The number of ether oxygens (including phenoxy) is 1. The number of hydrogen-bond donors (Lipinski definition) is 2. The van der Waals surface area contributed by atoms with E-state index in [2.05, 4.69) is 29.5 Å². The van der Waals surface area contributed by atoms with Gasteiger partial charge in [-0.3, -0.25) is 4.79 Å². The number of nitrogens with zero attached hydrogens (tertiary/aromatic N) is 2. The first kappa shape index (κ1) is 25.0. The van der Waals surface area contributed by atoms with Crippen LogP contribution in [0.4, 0.5) is 0 Å². The summed E-state index contributed by atoms with van der Waals surface area (Å²) in [7, 11) is 0. The number of rotatable bonds is 6. The molecule has 0 aliphatic carbocycles. The number of benzene rings is 1. The van der Waals surface area contributed by atoms with Crippen LogP contribution < -0.4 is 15.4 Å². The van der Waals surface area contributed by atoms with Crippen molar-refractivity contribution in [1.82, 2.24) is 20.0 Å². The lowest BCUT2D eigenvalue weighted by Crippen LogP contribution is -2.42. The molecule has 0 atom stereocenters. The largest absolute Gasteiger partial charge is 0.486 e. The predicted octanol–water partition coefficient (Wildman–Crippen LogP) is 4.18. The number of piperidine rings is 1. The van der Waals surface area contributed by atoms with Gasteiger partial charge in [0.15, 0.2) is 0 Å². The SMILES string of the molecule is Cc1ccc2nc(COc3ccccc3C(=O)NCC3(C)CCNCC3)cn2c1.Cl.Cl. The van der Waals surface area contributed by atoms with E-state index in [4.69, 9.17) is 4.74 Å². The number of hydrogen-bond acceptors (Lipinski definition) is 4. The van der Waals surface area contributed by atoms with E-state index >= 15 is 0 Å². The number of carbonyl (C=O) groups excluding carboxylic acids is 1. The van der Waals surface area contributed by atoms with Crippen molar-refractivity contribution in [2.24, 2.45) is 5.41 Å². The van der Waals surface area contributed by atoms with E-state index in [0.29, 0.717) is 24.5 Å². The summed E-state index contributed by atoms with van der Waals surface area (Å²) < 4.78 is 7.97. The summed E-state index contributed by atoms with van der Waals surface area (Å²) in [4.78, 5) is 17.4. The number of fused-ring (bicyclic) bond motifs is 1. The third-order valence-corrected chi connectivity index (χ3v) is 5.64. The third kappa shape index (κ3) is 6.12. The fourth-order valence-electron chi connectivity index (χ4n) is 3.75. The molecular weight excluding hydrogens is 435 g/mol. The highest BCUT2D eigenvalue weighted by Crippen LogP contribution is 2.27. The zero-order valence-corrected chi connectivity index (χ0v) is 19.5. The fourth-order valence-corrected chi connectivity index (χ4v) is 3.75. The Labute approximate surface area is 195 Å². The van der Waals surface area contributed by atoms with Crippen molar-refractivity contribution in [2.75, 3.05) is 19.6 Å². The number of carbonyl (C=O) groups is 1. The number of halogens is 2. The van der Waals surface area contributed by atoms with E-state index in [-0.39, 0.29) is 36.1 Å². The molecule has 31 heavy (non-hydrogen) atoms. The molecule has 3 heterocycles. The molecule has 0 unspecified atom stereocenters. The Hall–Kier alpha value is -2.28. The van der Waals surface area contributed by atoms with Crippen molar-refractivity contribution in [3.8, 4) is 5.75 Å². The van der Waals surface area contributed by atoms with E-state index in [1.54, 1.807) is 0 Å². The first-order valence-corrected chi connectivity index (χ1v) is 10.2. The van der Waals surface area contributed by atoms with E-state index in [1.807, 2.05) is 53.2 Å². The zero-order valence-electron chi connectivity index (χ0n) is 17.9. The van der Waals surface area contributed by atoms with E-state index in [9.17, 15) is 4.79 Å². The van der Waals surface area contributed by atoms with Crippen LogP contribution in [0, 0.1) is 12.3 Å². The Kier molecular flexibility index (Phi) is 8.74. The number of amides is 1. The van der Waals surface area contributed by atoms with Crippen LogP contribution in [0.3, 0.4) is 0 Å². The van der Waals surface area contributed by atoms with Crippen molar-refractivity contribution in [3.05, 3.63) is 65.6 Å². The number of pyridine rings is 1. The van der Waals surface area contributed by atoms with Crippen molar-refractivity contribution in [2.45, 2.75) is 33.3 Å². The zero-order chi connectivity index (χ0) is 20.3. The maximum absolute atomic E-state index is 12.8. The minimum absolute atomic E-state index is 0. The monoisotopic (exact) mass is 464 g/mol. The van der Waals surface area contributed by atoms with Gasteiger partial charge in [-0.05, 0) is 62.0 Å². The number of imidazole rings is 1. The van der Waals surface area contributed by atoms with Crippen LogP contribution in [0.15, 0.2) is 48.8 Å². The smallest absolute Gasteiger partial charge is 0.255 e. The second-order valence-corrected chi connectivity index (χ2v) is 8.23. The van der Waals surface area contributed by atoms with E-state index in [0.717, 1.165) is 37.3 Å². The summed E-state index contributed by atoms with van der Waals surface area (Å²) in [5.41, 5.74) is 3.59. The van der Waals surface area contributed by atoms with Crippen LogP contribution >= 0.6 is 24.8 Å². The van der Waals surface area contributed by atoms with Gasteiger partial charge in [0.25, 0.3) is 5.91 Å². The molecule has 1 saturated heterocycles. The van der Waals surface area contributed by atoms with Gasteiger partial charge in [0.1, 0.15) is 18.0 Å². The highest BCUT2D eigenvalue weighted by atomic mass is 35.5. The Morgan fingerprint density at radius 1 is 1.16 bits per heavy atom. The van der Waals surface area contributed by atoms with Crippen LogP contribution in [0.2, 0.25) is 0 Å². The van der Waals surface area contributed by atoms with Crippen LogP contribution in [-0.4, -0.2) is 34.9 Å². The number of nitrogens with one attached hydrogen (secondary N) is 2. The predicted molar refractivity (Wildman–Crippen MR) is 128 cm³/mol. The second kappa shape index (κ2) is 10.8. The topological polar surface area (TPSA) is 67.7 Å². The number of para-hydroxylation sites is 1. The molecule has 1 aliphatic heterocycles. The first-order chi connectivity index (χ1) is 14.0. The highest BCUT2D eigenvalue weighted by Gasteiger charge is 2.27. The number of aryl methyl sites for hydroxylation is 1. The van der Waals surface area contributed by atoms with Crippen LogP contribution in [0.5, 0.6) is 5.75 Å². The molecule has 1 fully saturated rings. The first-order valence-electron chi connectivity index (χ1n) is 10.2. The molecule has 0 bridgehead atoms. The molecule has 3 aromatic rings. The van der Waals surface area contributed by atoms with Crippen molar-refractivity contribution in [1.29, 1.82) is 0 Å². The Morgan fingerprint density at radius 3 is 2.68 bits per heavy atom. The van der Waals surface area contributed by atoms with Crippen molar-refractivity contribution < 1.29 is 9.53 Å². The molecule has 8 heteroatoms.